The Morgan fingerprint density at radius 2 is 1.82 bits per heavy atom. The number of amidine groups is 1. The fraction of sp³-hybridized carbons (Fsp3) is 0.750. The zero-order valence-electron chi connectivity index (χ0n) is 7.80. The molecular formula is C8H15N2O+. The van der Waals surface area contributed by atoms with Crippen LogP contribution in [0.15, 0.2) is 0 Å². The second-order valence-corrected chi connectivity index (χ2v) is 3.67. The van der Waals surface area contributed by atoms with E-state index < -0.39 is 0 Å². The average molecular weight is 155 g/mol. The molecule has 0 aliphatic heterocycles. The highest BCUT2D eigenvalue weighted by atomic mass is 16.1. The first kappa shape index (κ1) is 9.96. The summed E-state index contributed by atoms with van der Waals surface area (Å²) in [4.78, 5) is 11.9. The third-order valence-electron chi connectivity index (χ3n) is 1.25. The van der Waals surface area contributed by atoms with Crippen LogP contribution in [-0.4, -0.2) is 30.9 Å². The molecule has 0 aromatic heterocycles. The van der Waals surface area contributed by atoms with Gasteiger partial charge in [0.05, 0.1) is 19.5 Å². The molecule has 62 valence electrons. The van der Waals surface area contributed by atoms with Crippen molar-refractivity contribution in [1.29, 1.82) is 0 Å². The molecule has 0 saturated heterocycles. The molecular weight excluding hydrogens is 140 g/mol. The number of hydrogen-bond acceptors (Lipinski definition) is 1. The molecule has 11 heavy (non-hydrogen) atoms. The highest BCUT2D eigenvalue weighted by Gasteiger charge is 2.29. The Morgan fingerprint density at radius 3 is 1.91 bits per heavy atom. The van der Waals surface area contributed by atoms with E-state index in [1.807, 2.05) is 39.8 Å². The van der Waals surface area contributed by atoms with Crippen LogP contribution in [0.25, 0.3) is 0 Å². The molecule has 0 fully saturated rings. The number of carbonyl (C=O) groups excluding carboxylic acids is 1. The molecule has 0 heterocycles. The van der Waals surface area contributed by atoms with E-state index in [0.717, 1.165) is 5.84 Å². The minimum Gasteiger partial charge on any atom is -0.256 e. The van der Waals surface area contributed by atoms with E-state index in [-0.39, 0.29) is 5.41 Å². The molecule has 0 aliphatic carbocycles. The summed E-state index contributed by atoms with van der Waals surface area (Å²) in [7, 11) is 3.73. The first-order chi connectivity index (χ1) is 4.89. The molecule has 0 bridgehead atoms. The fourth-order valence-electron chi connectivity index (χ4n) is 0.982. The fourth-order valence-corrected chi connectivity index (χ4v) is 0.982. The molecule has 0 saturated carbocycles. The Kier molecular flexibility index (Phi) is 3.06. The van der Waals surface area contributed by atoms with Gasteiger partial charge in [0.15, 0.2) is 0 Å². The summed E-state index contributed by atoms with van der Waals surface area (Å²) in [6.45, 7) is 6.01. The first-order valence-corrected chi connectivity index (χ1v) is 3.52. The van der Waals surface area contributed by atoms with Gasteiger partial charge in [0.2, 0.25) is 0 Å². The Hall–Kier alpha value is -1.04. The number of rotatable bonds is 0. The van der Waals surface area contributed by atoms with Crippen LogP contribution in [0.3, 0.4) is 0 Å². The standard InChI is InChI=1S/C8H15N2O/c1-8(2,3)7(9-6-11)10(4)5/h1-5H3/q+1. The lowest BCUT2D eigenvalue weighted by Gasteiger charge is -2.15. The zero-order chi connectivity index (χ0) is 9.07. The van der Waals surface area contributed by atoms with Gasteiger partial charge < -0.3 is 0 Å². The summed E-state index contributed by atoms with van der Waals surface area (Å²) in [5.41, 5.74) is -0.0963. The Bertz CT molecular complexity index is 213. The molecule has 0 atom stereocenters. The van der Waals surface area contributed by atoms with Gasteiger partial charge >= 0.3 is 11.9 Å². The van der Waals surface area contributed by atoms with Crippen molar-refractivity contribution in [2.75, 3.05) is 14.1 Å². The topological polar surface area (TPSA) is 34.4 Å². The molecule has 0 amide bonds. The normalized spacial score (nSPS) is 9.91. The molecule has 0 aromatic rings. The van der Waals surface area contributed by atoms with Gasteiger partial charge in [0.1, 0.15) is 0 Å². The van der Waals surface area contributed by atoms with Gasteiger partial charge in [0, 0.05) is 0 Å². The monoisotopic (exact) mass is 155 g/mol. The van der Waals surface area contributed by atoms with Crippen LogP contribution in [-0.2, 0) is 4.79 Å². The largest absolute Gasteiger partial charge is 0.435 e. The maximum absolute atomic E-state index is 10.0. The van der Waals surface area contributed by atoms with Crippen LogP contribution in [0.5, 0.6) is 0 Å². The second-order valence-electron chi connectivity index (χ2n) is 3.67. The van der Waals surface area contributed by atoms with E-state index in [9.17, 15) is 4.79 Å². The molecule has 0 spiro atoms. The van der Waals surface area contributed by atoms with Crippen molar-refractivity contribution >= 4 is 11.9 Å². The van der Waals surface area contributed by atoms with Crippen molar-refractivity contribution < 1.29 is 4.79 Å². The highest BCUT2D eigenvalue weighted by Crippen LogP contribution is 2.14. The third-order valence-corrected chi connectivity index (χ3v) is 1.25. The first-order valence-electron chi connectivity index (χ1n) is 3.52. The van der Waals surface area contributed by atoms with Gasteiger partial charge in [-0.1, -0.05) is 0 Å². The zero-order valence-corrected chi connectivity index (χ0v) is 7.80. The molecule has 0 rings (SSSR count). The predicted octanol–water partition coefficient (Wildman–Crippen LogP) is 0.396. The Balaban J connectivity index is 4.95. The van der Waals surface area contributed by atoms with Gasteiger partial charge in [-0.15, -0.1) is 4.67 Å². The minimum atomic E-state index is -0.0963. The number of isocyanates is 1. The van der Waals surface area contributed by atoms with Gasteiger partial charge in [0.25, 0.3) is 0 Å². The van der Waals surface area contributed by atoms with Crippen LogP contribution < -0.4 is 4.67 Å². The predicted molar refractivity (Wildman–Crippen MR) is 46.0 cm³/mol. The summed E-state index contributed by atoms with van der Waals surface area (Å²) in [6, 6.07) is 0. The third kappa shape index (κ3) is 3.03. The van der Waals surface area contributed by atoms with E-state index in [1.54, 1.807) is 6.08 Å². The average Bonchev–Trinajstić information content (AvgIpc) is 1.79. The molecule has 0 radical (unpaired) electrons. The van der Waals surface area contributed by atoms with E-state index in [1.165, 1.54) is 0 Å². The van der Waals surface area contributed by atoms with Gasteiger partial charge in [-0.05, 0) is 20.8 Å². The van der Waals surface area contributed by atoms with E-state index in [2.05, 4.69) is 4.67 Å². The van der Waals surface area contributed by atoms with Crippen molar-refractivity contribution in [3.05, 3.63) is 0 Å². The molecule has 0 aliphatic rings. The summed E-state index contributed by atoms with van der Waals surface area (Å²) in [5, 5.41) is 0. The Morgan fingerprint density at radius 1 is 1.36 bits per heavy atom. The number of nitrogens with zero attached hydrogens (tertiary/aromatic N) is 2. The van der Waals surface area contributed by atoms with Crippen molar-refractivity contribution in [1.82, 2.24) is 9.57 Å². The molecule has 0 N–H and O–H groups in total. The highest BCUT2D eigenvalue weighted by molar-refractivity contribution is 5.86. The minimum absolute atomic E-state index is 0.0963. The quantitative estimate of drug-likeness (QED) is 0.219. The van der Waals surface area contributed by atoms with Crippen molar-refractivity contribution in [3.63, 3.8) is 0 Å². The van der Waals surface area contributed by atoms with Crippen LogP contribution in [0, 0.1) is 5.41 Å². The van der Waals surface area contributed by atoms with Crippen molar-refractivity contribution in [3.8, 4) is 0 Å². The van der Waals surface area contributed by atoms with Crippen molar-refractivity contribution in [2.24, 2.45) is 5.41 Å². The number of hydrogen-bond donors (Lipinski definition) is 0. The summed E-state index contributed by atoms with van der Waals surface area (Å²) in [5.74, 6) is 0.743. The lowest BCUT2D eigenvalue weighted by atomic mass is 9.94. The van der Waals surface area contributed by atoms with E-state index >= 15 is 0 Å². The van der Waals surface area contributed by atoms with E-state index in [4.69, 9.17) is 0 Å². The van der Waals surface area contributed by atoms with Crippen LogP contribution in [0.4, 0.5) is 0 Å². The summed E-state index contributed by atoms with van der Waals surface area (Å²) >= 11 is 0. The van der Waals surface area contributed by atoms with Crippen molar-refractivity contribution in [2.45, 2.75) is 20.8 Å². The van der Waals surface area contributed by atoms with Gasteiger partial charge in [-0.2, -0.15) is 4.79 Å². The lowest BCUT2D eigenvalue weighted by Crippen LogP contribution is -2.35. The molecule has 0 aromatic carbocycles. The van der Waals surface area contributed by atoms with Crippen LogP contribution in [0.1, 0.15) is 20.8 Å². The summed E-state index contributed by atoms with van der Waals surface area (Å²) in [6.07, 6.45) is 1.55. The molecule has 3 heteroatoms. The second kappa shape index (κ2) is 3.38. The maximum atomic E-state index is 10.0. The summed E-state index contributed by atoms with van der Waals surface area (Å²) < 4.78 is 3.63. The molecule has 3 nitrogen and oxygen atoms in total. The maximum Gasteiger partial charge on any atom is 0.435 e. The van der Waals surface area contributed by atoms with Crippen LogP contribution in [0.2, 0.25) is 0 Å². The van der Waals surface area contributed by atoms with Gasteiger partial charge in [-0.3, -0.25) is 4.90 Å². The SMILES string of the molecule is CN(C)C(=[N+]=C=O)C(C)(C)C. The van der Waals surface area contributed by atoms with Crippen LogP contribution >= 0.6 is 0 Å². The molecule has 0 unspecified atom stereocenters. The van der Waals surface area contributed by atoms with E-state index in [0.29, 0.717) is 0 Å². The smallest absolute Gasteiger partial charge is 0.256 e. The lowest BCUT2D eigenvalue weighted by molar-refractivity contribution is 0.478. The van der Waals surface area contributed by atoms with Gasteiger partial charge in [-0.25, -0.2) is 0 Å². The Labute approximate surface area is 67.5 Å².